The standard InChI is InChI=1S/C14H21BrN2O/c1-11(13-5-3-4-6-14(13)15)17(2)10-12-9-16-7-8-18-12/h3-6,11-12,16H,7-10H2,1-2H3. The van der Waals surface area contributed by atoms with E-state index < -0.39 is 0 Å². The highest BCUT2D eigenvalue weighted by molar-refractivity contribution is 9.10. The molecule has 0 amide bonds. The highest BCUT2D eigenvalue weighted by atomic mass is 79.9. The number of hydrogen-bond donors (Lipinski definition) is 1. The summed E-state index contributed by atoms with van der Waals surface area (Å²) >= 11 is 3.62. The zero-order valence-corrected chi connectivity index (χ0v) is 12.6. The molecule has 0 aliphatic carbocycles. The fourth-order valence-electron chi connectivity index (χ4n) is 2.27. The number of ether oxygens (including phenoxy) is 1. The molecule has 1 aliphatic heterocycles. The van der Waals surface area contributed by atoms with Crippen LogP contribution in [0, 0.1) is 0 Å². The van der Waals surface area contributed by atoms with Gasteiger partial charge in [0, 0.05) is 30.1 Å². The molecule has 1 aromatic rings. The molecule has 1 aliphatic rings. The summed E-state index contributed by atoms with van der Waals surface area (Å²) in [6, 6.07) is 8.78. The van der Waals surface area contributed by atoms with Crippen molar-refractivity contribution in [1.82, 2.24) is 10.2 Å². The van der Waals surface area contributed by atoms with Gasteiger partial charge in [0.05, 0.1) is 12.7 Å². The van der Waals surface area contributed by atoms with Crippen molar-refractivity contribution in [2.75, 3.05) is 33.3 Å². The first-order valence-electron chi connectivity index (χ1n) is 6.45. The first-order valence-corrected chi connectivity index (χ1v) is 7.24. The van der Waals surface area contributed by atoms with Crippen LogP contribution in [0.25, 0.3) is 0 Å². The van der Waals surface area contributed by atoms with Crippen LogP contribution in [0.1, 0.15) is 18.5 Å². The normalized spacial score (nSPS) is 22.1. The predicted molar refractivity (Wildman–Crippen MR) is 77.8 cm³/mol. The van der Waals surface area contributed by atoms with Gasteiger partial charge in [-0.05, 0) is 25.6 Å². The molecule has 3 nitrogen and oxygen atoms in total. The Balaban J connectivity index is 1.95. The van der Waals surface area contributed by atoms with Gasteiger partial charge in [-0.15, -0.1) is 0 Å². The second kappa shape index (κ2) is 6.66. The van der Waals surface area contributed by atoms with Crippen molar-refractivity contribution in [2.45, 2.75) is 19.1 Å². The predicted octanol–water partition coefficient (Wildman–Crippen LogP) is 2.43. The maximum atomic E-state index is 5.75. The number of nitrogens with one attached hydrogen (secondary N) is 1. The number of hydrogen-bond acceptors (Lipinski definition) is 3. The lowest BCUT2D eigenvalue weighted by molar-refractivity contribution is 0.00389. The van der Waals surface area contributed by atoms with Crippen LogP contribution in [0.3, 0.4) is 0 Å². The zero-order chi connectivity index (χ0) is 13.0. The molecule has 0 radical (unpaired) electrons. The number of morpholine rings is 1. The number of rotatable bonds is 4. The van der Waals surface area contributed by atoms with Gasteiger partial charge in [0.1, 0.15) is 0 Å². The molecule has 0 spiro atoms. The molecule has 1 saturated heterocycles. The summed E-state index contributed by atoms with van der Waals surface area (Å²) in [6.07, 6.45) is 0.300. The van der Waals surface area contributed by atoms with Crippen molar-refractivity contribution in [3.8, 4) is 0 Å². The van der Waals surface area contributed by atoms with Gasteiger partial charge in [0.15, 0.2) is 0 Å². The average Bonchev–Trinajstić information content (AvgIpc) is 2.39. The van der Waals surface area contributed by atoms with E-state index >= 15 is 0 Å². The van der Waals surface area contributed by atoms with E-state index in [0.29, 0.717) is 12.1 Å². The average molecular weight is 313 g/mol. The van der Waals surface area contributed by atoms with Crippen molar-refractivity contribution in [1.29, 1.82) is 0 Å². The summed E-state index contributed by atoms with van der Waals surface area (Å²) in [5.41, 5.74) is 1.32. The molecule has 2 rings (SSSR count). The smallest absolute Gasteiger partial charge is 0.0826 e. The molecule has 2 unspecified atom stereocenters. The molecule has 0 bridgehead atoms. The summed E-state index contributed by atoms with van der Waals surface area (Å²) in [7, 11) is 2.15. The van der Waals surface area contributed by atoms with Crippen LogP contribution in [0.15, 0.2) is 28.7 Å². The van der Waals surface area contributed by atoms with Gasteiger partial charge < -0.3 is 10.1 Å². The highest BCUT2D eigenvalue weighted by Gasteiger charge is 2.20. The van der Waals surface area contributed by atoms with Crippen LogP contribution >= 0.6 is 15.9 Å². The van der Waals surface area contributed by atoms with Crippen molar-refractivity contribution in [3.05, 3.63) is 34.3 Å². The van der Waals surface area contributed by atoms with E-state index in [1.54, 1.807) is 0 Å². The van der Waals surface area contributed by atoms with Crippen LogP contribution in [0.2, 0.25) is 0 Å². The van der Waals surface area contributed by atoms with Crippen LogP contribution in [-0.4, -0.2) is 44.3 Å². The van der Waals surface area contributed by atoms with Crippen molar-refractivity contribution >= 4 is 15.9 Å². The molecule has 100 valence electrons. The summed E-state index contributed by atoms with van der Waals surface area (Å²) in [5.74, 6) is 0. The van der Waals surface area contributed by atoms with Crippen LogP contribution in [-0.2, 0) is 4.74 Å². The Morgan fingerprint density at radius 1 is 1.50 bits per heavy atom. The molecular formula is C14H21BrN2O. The van der Waals surface area contributed by atoms with Crippen LogP contribution < -0.4 is 5.32 Å². The topological polar surface area (TPSA) is 24.5 Å². The van der Waals surface area contributed by atoms with E-state index in [9.17, 15) is 0 Å². The minimum atomic E-state index is 0.300. The van der Waals surface area contributed by atoms with Gasteiger partial charge in [-0.2, -0.15) is 0 Å². The van der Waals surface area contributed by atoms with Gasteiger partial charge in [-0.1, -0.05) is 34.1 Å². The third-order valence-corrected chi connectivity index (χ3v) is 4.23. The summed E-state index contributed by atoms with van der Waals surface area (Å²) in [6.45, 7) is 5.93. The first kappa shape index (κ1) is 14.0. The van der Waals surface area contributed by atoms with Gasteiger partial charge in [0.25, 0.3) is 0 Å². The maximum absolute atomic E-state index is 5.75. The minimum absolute atomic E-state index is 0.300. The lowest BCUT2D eigenvalue weighted by Gasteiger charge is -2.32. The van der Waals surface area contributed by atoms with Crippen molar-refractivity contribution in [2.24, 2.45) is 0 Å². The second-order valence-corrected chi connectivity index (χ2v) is 5.69. The monoisotopic (exact) mass is 312 g/mol. The van der Waals surface area contributed by atoms with Gasteiger partial charge in [-0.25, -0.2) is 0 Å². The molecule has 4 heteroatoms. The minimum Gasteiger partial charge on any atom is -0.374 e. The molecule has 1 heterocycles. The molecule has 0 aromatic heterocycles. The summed E-state index contributed by atoms with van der Waals surface area (Å²) in [4.78, 5) is 2.35. The lowest BCUT2D eigenvalue weighted by Crippen LogP contribution is -2.44. The quantitative estimate of drug-likeness (QED) is 0.924. The summed E-state index contributed by atoms with van der Waals surface area (Å²) in [5, 5.41) is 3.37. The fourth-order valence-corrected chi connectivity index (χ4v) is 2.88. The Hall–Kier alpha value is -0.420. The Kier molecular flexibility index (Phi) is 5.18. The Bertz CT molecular complexity index is 380. The van der Waals surface area contributed by atoms with E-state index in [1.165, 1.54) is 10.0 Å². The molecule has 1 fully saturated rings. The number of benzene rings is 1. The third-order valence-electron chi connectivity index (χ3n) is 3.51. The van der Waals surface area contributed by atoms with Crippen molar-refractivity contribution in [3.63, 3.8) is 0 Å². The van der Waals surface area contributed by atoms with E-state index in [2.05, 4.69) is 64.4 Å². The third kappa shape index (κ3) is 3.54. The number of likely N-dealkylation sites (N-methyl/N-ethyl adjacent to an activating group) is 1. The Morgan fingerprint density at radius 3 is 2.94 bits per heavy atom. The Labute approximate surface area is 118 Å². The molecule has 1 N–H and O–H groups in total. The number of halogens is 1. The van der Waals surface area contributed by atoms with Gasteiger partial charge >= 0.3 is 0 Å². The molecular weight excluding hydrogens is 292 g/mol. The van der Waals surface area contributed by atoms with Gasteiger partial charge in [0.2, 0.25) is 0 Å². The molecule has 1 aromatic carbocycles. The lowest BCUT2D eigenvalue weighted by atomic mass is 10.1. The van der Waals surface area contributed by atoms with E-state index in [1.807, 2.05) is 0 Å². The van der Waals surface area contributed by atoms with E-state index in [4.69, 9.17) is 4.74 Å². The van der Waals surface area contributed by atoms with Crippen LogP contribution in [0.4, 0.5) is 0 Å². The SMILES string of the molecule is CC(c1ccccc1Br)N(C)CC1CNCCO1. The highest BCUT2D eigenvalue weighted by Crippen LogP contribution is 2.26. The van der Waals surface area contributed by atoms with Crippen LogP contribution in [0.5, 0.6) is 0 Å². The first-order chi connectivity index (χ1) is 8.68. The Morgan fingerprint density at radius 2 is 2.28 bits per heavy atom. The summed E-state index contributed by atoms with van der Waals surface area (Å²) < 4.78 is 6.92. The van der Waals surface area contributed by atoms with E-state index in [-0.39, 0.29) is 0 Å². The maximum Gasteiger partial charge on any atom is 0.0826 e. The molecule has 0 saturated carbocycles. The zero-order valence-electron chi connectivity index (χ0n) is 11.0. The fraction of sp³-hybridized carbons (Fsp3) is 0.571. The van der Waals surface area contributed by atoms with Gasteiger partial charge in [-0.3, -0.25) is 4.90 Å². The number of nitrogens with zero attached hydrogens (tertiary/aromatic N) is 1. The second-order valence-electron chi connectivity index (χ2n) is 4.83. The molecule has 2 atom stereocenters. The van der Waals surface area contributed by atoms with Crippen molar-refractivity contribution < 1.29 is 4.74 Å². The van der Waals surface area contributed by atoms with E-state index in [0.717, 1.165) is 26.2 Å². The largest absolute Gasteiger partial charge is 0.374 e. The molecule has 18 heavy (non-hydrogen) atoms.